The first-order valence-corrected chi connectivity index (χ1v) is 10.5. The van der Waals surface area contributed by atoms with Crippen LogP contribution in [0, 0.1) is 0 Å². The van der Waals surface area contributed by atoms with Gasteiger partial charge in [0, 0.05) is 25.0 Å². The number of methoxy groups -OCH3 is 1. The quantitative estimate of drug-likeness (QED) is 0.727. The molecule has 27 heavy (non-hydrogen) atoms. The van der Waals surface area contributed by atoms with Gasteiger partial charge in [-0.15, -0.1) is 0 Å². The summed E-state index contributed by atoms with van der Waals surface area (Å²) < 4.78 is 28.2. The van der Waals surface area contributed by atoms with Crippen molar-refractivity contribution in [3.05, 3.63) is 47.8 Å². The maximum Gasteiger partial charge on any atom is 0.254 e. The van der Waals surface area contributed by atoms with Gasteiger partial charge in [-0.2, -0.15) is 0 Å². The van der Waals surface area contributed by atoms with Gasteiger partial charge in [-0.3, -0.25) is 4.79 Å². The summed E-state index contributed by atoms with van der Waals surface area (Å²) in [6, 6.07) is 7.48. The summed E-state index contributed by atoms with van der Waals surface area (Å²) >= 11 is 0. The molecular formula is C18H22N4O4S. The maximum absolute atomic E-state index is 12.2. The standard InChI is InChI=1S/C18H22N4O4S/c1-26-16-5-3-2-4-13(16)6-8-19-17(23)14-10-20-18(21-11-14)22-15-7-9-27(24,25)12-15/h2-5,10-11,15H,6-9,12H2,1H3,(H,19,23)(H,20,21,22). The number of benzene rings is 1. The van der Waals surface area contributed by atoms with E-state index >= 15 is 0 Å². The molecule has 0 spiro atoms. The zero-order valence-electron chi connectivity index (χ0n) is 15.0. The highest BCUT2D eigenvalue weighted by Gasteiger charge is 2.28. The molecule has 1 aromatic heterocycles. The lowest BCUT2D eigenvalue weighted by Gasteiger charge is -2.11. The molecule has 0 radical (unpaired) electrons. The first-order chi connectivity index (χ1) is 13.0. The van der Waals surface area contributed by atoms with E-state index in [0.717, 1.165) is 11.3 Å². The van der Waals surface area contributed by atoms with Crippen LogP contribution in [0.25, 0.3) is 0 Å². The molecule has 3 rings (SSSR count). The molecule has 2 N–H and O–H groups in total. The van der Waals surface area contributed by atoms with Crippen molar-refractivity contribution < 1.29 is 17.9 Å². The average molecular weight is 390 g/mol. The predicted molar refractivity (Wildman–Crippen MR) is 102 cm³/mol. The molecule has 8 nitrogen and oxygen atoms in total. The molecule has 144 valence electrons. The van der Waals surface area contributed by atoms with Crippen LogP contribution in [-0.2, 0) is 16.3 Å². The number of aromatic nitrogens is 2. The topological polar surface area (TPSA) is 110 Å². The van der Waals surface area contributed by atoms with Gasteiger partial charge in [0.15, 0.2) is 9.84 Å². The van der Waals surface area contributed by atoms with Crippen LogP contribution in [0.1, 0.15) is 22.3 Å². The van der Waals surface area contributed by atoms with E-state index in [9.17, 15) is 13.2 Å². The molecular weight excluding hydrogens is 368 g/mol. The fourth-order valence-corrected chi connectivity index (χ4v) is 4.61. The molecule has 0 saturated carbocycles. The summed E-state index contributed by atoms with van der Waals surface area (Å²) in [7, 11) is -1.35. The van der Waals surface area contributed by atoms with Gasteiger partial charge in [-0.25, -0.2) is 18.4 Å². The molecule has 1 fully saturated rings. The Bertz CT molecular complexity index is 900. The van der Waals surface area contributed by atoms with Crippen LogP contribution in [0.5, 0.6) is 5.75 Å². The zero-order chi connectivity index (χ0) is 19.3. The lowest BCUT2D eigenvalue weighted by molar-refractivity contribution is 0.0953. The molecule has 1 atom stereocenters. The first-order valence-electron chi connectivity index (χ1n) is 8.66. The number of para-hydroxylation sites is 1. The fourth-order valence-electron chi connectivity index (χ4n) is 2.93. The van der Waals surface area contributed by atoms with Gasteiger partial charge in [-0.1, -0.05) is 18.2 Å². The summed E-state index contributed by atoms with van der Waals surface area (Å²) in [6.07, 6.45) is 4.04. The van der Waals surface area contributed by atoms with Crippen LogP contribution in [0.3, 0.4) is 0 Å². The molecule has 2 aromatic rings. The Morgan fingerprint density at radius 3 is 2.67 bits per heavy atom. The minimum atomic E-state index is -2.97. The Morgan fingerprint density at radius 1 is 1.26 bits per heavy atom. The second-order valence-electron chi connectivity index (χ2n) is 6.36. The predicted octanol–water partition coefficient (Wildman–Crippen LogP) is 1.06. The summed E-state index contributed by atoms with van der Waals surface area (Å²) in [4.78, 5) is 20.4. The van der Waals surface area contributed by atoms with Crippen molar-refractivity contribution in [2.45, 2.75) is 18.9 Å². The van der Waals surface area contributed by atoms with Gasteiger partial charge < -0.3 is 15.4 Å². The third-order valence-electron chi connectivity index (χ3n) is 4.35. The molecule has 0 bridgehead atoms. The molecule has 1 aliphatic rings. The number of ether oxygens (including phenoxy) is 1. The van der Waals surface area contributed by atoms with Crippen LogP contribution < -0.4 is 15.4 Å². The molecule has 2 heterocycles. The van der Waals surface area contributed by atoms with Crippen molar-refractivity contribution in [2.24, 2.45) is 0 Å². The molecule has 1 saturated heterocycles. The minimum Gasteiger partial charge on any atom is -0.496 e. The second-order valence-corrected chi connectivity index (χ2v) is 8.59. The zero-order valence-corrected chi connectivity index (χ0v) is 15.8. The van der Waals surface area contributed by atoms with Crippen LogP contribution in [0.4, 0.5) is 5.95 Å². The second kappa shape index (κ2) is 8.34. The number of sulfone groups is 1. The summed E-state index contributed by atoms with van der Waals surface area (Å²) in [5.74, 6) is 1.11. The number of carbonyl (C=O) groups excluding carboxylic acids is 1. The summed E-state index contributed by atoms with van der Waals surface area (Å²) in [5, 5.41) is 5.82. The highest BCUT2D eigenvalue weighted by atomic mass is 32.2. The lowest BCUT2D eigenvalue weighted by atomic mass is 10.1. The van der Waals surface area contributed by atoms with Crippen molar-refractivity contribution in [3.8, 4) is 5.75 Å². The molecule has 1 amide bonds. The van der Waals surface area contributed by atoms with E-state index in [4.69, 9.17) is 4.74 Å². The van der Waals surface area contributed by atoms with Crippen molar-refractivity contribution >= 4 is 21.7 Å². The van der Waals surface area contributed by atoms with Crippen LogP contribution >= 0.6 is 0 Å². The van der Waals surface area contributed by atoms with Gasteiger partial charge >= 0.3 is 0 Å². The number of rotatable bonds is 7. The van der Waals surface area contributed by atoms with Crippen molar-refractivity contribution in [3.63, 3.8) is 0 Å². The largest absolute Gasteiger partial charge is 0.496 e. The number of nitrogens with zero attached hydrogens (tertiary/aromatic N) is 2. The molecule has 0 aliphatic carbocycles. The highest BCUT2D eigenvalue weighted by molar-refractivity contribution is 7.91. The van der Waals surface area contributed by atoms with Crippen molar-refractivity contribution in [1.29, 1.82) is 0 Å². The number of carbonyl (C=O) groups is 1. The van der Waals surface area contributed by atoms with Gasteiger partial charge in [0.1, 0.15) is 5.75 Å². The van der Waals surface area contributed by atoms with Gasteiger partial charge in [0.2, 0.25) is 5.95 Å². The first kappa shape index (κ1) is 19.1. The molecule has 1 aliphatic heterocycles. The van der Waals surface area contributed by atoms with Crippen LogP contribution in [0.2, 0.25) is 0 Å². The van der Waals surface area contributed by atoms with Gasteiger partial charge in [0.05, 0.1) is 24.2 Å². The average Bonchev–Trinajstić information content (AvgIpc) is 3.01. The van der Waals surface area contributed by atoms with Crippen LogP contribution in [0.15, 0.2) is 36.7 Å². The minimum absolute atomic E-state index is 0.0849. The molecule has 1 unspecified atom stereocenters. The Hall–Kier alpha value is -2.68. The third-order valence-corrected chi connectivity index (χ3v) is 6.12. The Labute approximate surface area is 158 Å². The Morgan fingerprint density at radius 2 is 2.00 bits per heavy atom. The number of hydrogen-bond donors (Lipinski definition) is 2. The van der Waals surface area contributed by atoms with E-state index in [1.807, 2.05) is 24.3 Å². The maximum atomic E-state index is 12.2. The van der Waals surface area contributed by atoms with Crippen molar-refractivity contribution in [2.75, 3.05) is 30.5 Å². The van der Waals surface area contributed by atoms with E-state index in [0.29, 0.717) is 30.9 Å². The van der Waals surface area contributed by atoms with E-state index in [1.54, 1.807) is 7.11 Å². The number of amides is 1. The summed E-state index contributed by atoms with van der Waals surface area (Å²) in [5.41, 5.74) is 1.36. The van der Waals surface area contributed by atoms with E-state index in [-0.39, 0.29) is 23.5 Å². The van der Waals surface area contributed by atoms with Crippen LogP contribution in [-0.4, -0.2) is 55.5 Å². The van der Waals surface area contributed by atoms with Gasteiger partial charge in [0.25, 0.3) is 5.91 Å². The van der Waals surface area contributed by atoms with E-state index in [1.165, 1.54) is 12.4 Å². The lowest BCUT2D eigenvalue weighted by Crippen LogP contribution is -2.26. The Kier molecular flexibility index (Phi) is 5.90. The fraction of sp³-hybridized carbons (Fsp3) is 0.389. The van der Waals surface area contributed by atoms with Crippen molar-refractivity contribution in [1.82, 2.24) is 15.3 Å². The van der Waals surface area contributed by atoms with Gasteiger partial charge in [-0.05, 0) is 24.5 Å². The summed E-state index contributed by atoms with van der Waals surface area (Å²) in [6.45, 7) is 0.457. The highest BCUT2D eigenvalue weighted by Crippen LogP contribution is 2.17. The number of hydrogen-bond acceptors (Lipinski definition) is 7. The Balaban J connectivity index is 1.50. The molecule has 1 aromatic carbocycles. The number of anilines is 1. The molecule has 9 heteroatoms. The van der Waals surface area contributed by atoms with E-state index in [2.05, 4.69) is 20.6 Å². The monoisotopic (exact) mass is 390 g/mol. The third kappa shape index (κ3) is 5.16. The normalized spacial score (nSPS) is 18.0. The smallest absolute Gasteiger partial charge is 0.254 e. The van der Waals surface area contributed by atoms with E-state index < -0.39 is 9.84 Å². The number of nitrogens with one attached hydrogen (secondary N) is 2. The SMILES string of the molecule is COc1ccccc1CCNC(=O)c1cnc(NC2CCS(=O)(=O)C2)nc1.